The molecule has 0 saturated carbocycles. The molecule has 1 heterocycles. The third-order valence-electron chi connectivity index (χ3n) is 2.98. The van der Waals surface area contributed by atoms with Crippen LogP contribution in [0.15, 0.2) is 39.8 Å². The summed E-state index contributed by atoms with van der Waals surface area (Å²) in [5.74, 6) is 1.09. The molecule has 0 aliphatic carbocycles. The molecule has 0 amide bonds. The van der Waals surface area contributed by atoms with Crippen molar-refractivity contribution in [2.75, 3.05) is 14.2 Å². The number of benzene rings is 1. The van der Waals surface area contributed by atoms with E-state index in [-0.39, 0.29) is 16.6 Å². The van der Waals surface area contributed by atoms with E-state index < -0.39 is 10.0 Å². The molecule has 0 unspecified atom stereocenters. The van der Waals surface area contributed by atoms with Gasteiger partial charge in [0.1, 0.15) is 10.0 Å². The van der Waals surface area contributed by atoms with Crippen molar-refractivity contribution in [1.29, 1.82) is 0 Å². The molecule has 0 saturated heterocycles. The van der Waals surface area contributed by atoms with Crippen molar-refractivity contribution in [3.63, 3.8) is 0 Å². The largest absolute Gasteiger partial charge is 0.493 e. The number of ether oxygens (including phenoxy) is 2. The number of pyridine rings is 1. The lowest BCUT2D eigenvalue weighted by Crippen LogP contribution is -2.23. The zero-order valence-electron chi connectivity index (χ0n) is 12.3. The summed E-state index contributed by atoms with van der Waals surface area (Å²) in [5, 5.41) is -0.0898. The molecule has 1 aromatic carbocycles. The number of aromatic nitrogens is 1. The van der Waals surface area contributed by atoms with Crippen LogP contribution in [0.1, 0.15) is 5.56 Å². The molecule has 2 aromatic rings. The molecule has 0 aliphatic rings. The van der Waals surface area contributed by atoms with E-state index >= 15 is 0 Å². The molecule has 6 nitrogen and oxygen atoms in total. The maximum absolute atomic E-state index is 12.3. The second-order valence-electron chi connectivity index (χ2n) is 4.46. The highest BCUT2D eigenvalue weighted by Gasteiger charge is 2.19. The second-order valence-corrected chi connectivity index (χ2v) is 7.47. The Bertz CT molecular complexity index is 814. The number of nitrogens with one attached hydrogen (secondary N) is 1. The smallest absolute Gasteiger partial charge is 0.243 e. The first-order valence-corrected chi connectivity index (χ1v) is 9.04. The second kappa shape index (κ2) is 7.48. The number of hydrogen-bond donors (Lipinski definition) is 1. The topological polar surface area (TPSA) is 77.5 Å². The third-order valence-corrected chi connectivity index (χ3v) is 5.24. The van der Waals surface area contributed by atoms with Gasteiger partial charge in [0.15, 0.2) is 11.5 Å². The first-order valence-electron chi connectivity index (χ1n) is 6.39. The van der Waals surface area contributed by atoms with Crippen molar-refractivity contribution in [3.8, 4) is 11.5 Å². The molecule has 2 rings (SSSR count). The molecule has 0 bridgehead atoms. The summed E-state index contributed by atoms with van der Waals surface area (Å²) in [4.78, 5) is 3.72. The van der Waals surface area contributed by atoms with Gasteiger partial charge in [-0.1, -0.05) is 17.7 Å². The number of sulfonamides is 1. The third kappa shape index (κ3) is 4.35. The summed E-state index contributed by atoms with van der Waals surface area (Å²) >= 11 is 9.04. The summed E-state index contributed by atoms with van der Waals surface area (Å²) in [7, 11) is -0.751. The molecule has 1 N–H and O–H groups in total. The quantitative estimate of drug-likeness (QED) is 0.726. The van der Waals surface area contributed by atoms with Crippen LogP contribution < -0.4 is 14.2 Å². The Balaban J connectivity index is 2.21. The normalized spacial score (nSPS) is 11.3. The van der Waals surface area contributed by atoms with E-state index in [9.17, 15) is 8.42 Å². The van der Waals surface area contributed by atoms with E-state index in [2.05, 4.69) is 25.6 Å². The minimum atomic E-state index is -3.79. The molecule has 9 heteroatoms. The van der Waals surface area contributed by atoms with Gasteiger partial charge in [0.25, 0.3) is 0 Å². The van der Waals surface area contributed by atoms with Crippen LogP contribution in [0.4, 0.5) is 0 Å². The Kier molecular flexibility index (Phi) is 5.85. The van der Waals surface area contributed by atoms with Crippen molar-refractivity contribution < 1.29 is 17.9 Å². The number of methoxy groups -OCH3 is 2. The maximum Gasteiger partial charge on any atom is 0.243 e. The van der Waals surface area contributed by atoms with Gasteiger partial charge in [-0.15, -0.1) is 0 Å². The van der Waals surface area contributed by atoms with Gasteiger partial charge < -0.3 is 9.47 Å². The van der Waals surface area contributed by atoms with Gasteiger partial charge in [0, 0.05) is 17.2 Å². The molecule has 23 heavy (non-hydrogen) atoms. The maximum atomic E-state index is 12.3. The molecule has 124 valence electrons. The van der Waals surface area contributed by atoms with Crippen LogP contribution in [-0.4, -0.2) is 27.6 Å². The minimum Gasteiger partial charge on any atom is -0.493 e. The molecule has 0 atom stereocenters. The number of halogens is 2. The van der Waals surface area contributed by atoms with Gasteiger partial charge >= 0.3 is 0 Å². The van der Waals surface area contributed by atoms with Gasteiger partial charge in [-0.25, -0.2) is 18.1 Å². The van der Waals surface area contributed by atoms with Crippen LogP contribution in [0.3, 0.4) is 0 Å². The molecule has 0 radical (unpaired) electrons. The summed E-state index contributed by atoms with van der Waals surface area (Å²) in [6.07, 6.45) is 1.43. The highest BCUT2D eigenvalue weighted by atomic mass is 79.9. The first-order chi connectivity index (χ1) is 10.9. The van der Waals surface area contributed by atoms with Gasteiger partial charge in [0.05, 0.1) is 14.2 Å². The lowest BCUT2D eigenvalue weighted by atomic mass is 10.2. The van der Waals surface area contributed by atoms with Crippen LogP contribution >= 0.6 is 27.5 Å². The van der Waals surface area contributed by atoms with Crippen molar-refractivity contribution in [3.05, 3.63) is 45.7 Å². The van der Waals surface area contributed by atoms with E-state index in [4.69, 9.17) is 21.1 Å². The molecule has 0 fully saturated rings. The van der Waals surface area contributed by atoms with E-state index in [1.54, 1.807) is 18.2 Å². The first kappa shape index (κ1) is 18.0. The zero-order chi connectivity index (χ0) is 17.0. The summed E-state index contributed by atoms with van der Waals surface area (Å²) in [6, 6.07) is 6.54. The summed E-state index contributed by atoms with van der Waals surface area (Å²) in [5.41, 5.74) is 0.713. The zero-order valence-corrected chi connectivity index (χ0v) is 15.5. The lowest BCUT2D eigenvalue weighted by Gasteiger charge is -2.11. The van der Waals surface area contributed by atoms with E-state index in [0.29, 0.717) is 21.5 Å². The van der Waals surface area contributed by atoms with E-state index in [0.717, 1.165) is 0 Å². The number of rotatable bonds is 6. The Labute approximate surface area is 148 Å². The molecular formula is C14H14BrClN2O4S. The standard InChI is InChI=1S/C14H14BrClN2O4S/c1-21-11-4-3-9(5-12(11)22-2)7-18-23(19,20)13-6-10(15)8-17-14(13)16/h3-6,8,18H,7H2,1-2H3. The average Bonchev–Trinajstić information content (AvgIpc) is 2.54. The highest BCUT2D eigenvalue weighted by Crippen LogP contribution is 2.28. The Morgan fingerprint density at radius 1 is 1.22 bits per heavy atom. The summed E-state index contributed by atoms with van der Waals surface area (Å²) in [6.45, 7) is 0.0749. The summed E-state index contributed by atoms with van der Waals surface area (Å²) < 4.78 is 38.0. The average molecular weight is 422 g/mol. The van der Waals surface area contributed by atoms with E-state index in [1.807, 2.05) is 0 Å². The van der Waals surface area contributed by atoms with Gasteiger partial charge in [-0.05, 0) is 39.7 Å². The Morgan fingerprint density at radius 3 is 2.57 bits per heavy atom. The van der Waals surface area contributed by atoms with Crippen molar-refractivity contribution in [1.82, 2.24) is 9.71 Å². The van der Waals surface area contributed by atoms with Gasteiger partial charge in [-0.2, -0.15) is 0 Å². The lowest BCUT2D eigenvalue weighted by molar-refractivity contribution is 0.354. The predicted octanol–water partition coefficient (Wildman–Crippen LogP) is 2.99. The van der Waals surface area contributed by atoms with Crippen molar-refractivity contribution >= 4 is 37.6 Å². The fourth-order valence-corrected chi connectivity index (χ4v) is 3.80. The fraction of sp³-hybridized carbons (Fsp3) is 0.214. The molecule has 0 spiro atoms. The predicted molar refractivity (Wildman–Crippen MR) is 90.5 cm³/mol. The van der Waals surface area contributed by atoms with Crippen molar-refractivity contribution in [2.24, 2.45) is 0 Å². The number of hydrogen-bond acceptors (Lipinski definition) is 5. The van der Waals surface area contributed by atoms with Gasteiger partial charge in [0.2, 0.25) is 10.0 Å². The molecule has 0 aliphatic heterocycles. The Hall–Kier alpha value is -1.35. The van der Waals surface area contributed by atoms with Crippen LogP contribution in [0.2, 0.25) is 5.15 Å². The number of nitrogens with zero attached hydrogens (tertiary/aromatic N) is 1. The fourth-order valence-electron chi connectivity index (χ4n) is 1.84. The van der Waals surface area contributed by atoms with Crippen LogP contribution in [0.5, 0.6) is 11.5 Å². The van der Waals surface area contributed by atoms with Crippen LogP contribution in [-0.2, 0) is 16.6 Å². The SMILES string of the molecule is COc1ccc(CNS(=O)(=O)c2cc(Br)cnc2Cl)cc1OC. The van der Waals surface area contributed by atoms with Gasteiger partial charge in [-0.3, -0.25) is 0 Å². The highest BCUT2D eigenvalue weighted by molar-refractivity contribution is 9.10. The van der Waals surface area contributed by atoms with Crippen LogP contribution in [0, 0.1) is 0 Å². The molecular weight excluding hydrogens is 408 g/mol. The minimum absolute atomic E-state index is 0.0749. The Morgan fingerprint density at radius 2 is 1.91 bits per heavy atom. The van der Waals surface area contributed by atoms with E-state index in [1.165, 1.54) is 26.5 Å². The van der Waals surface area contributed by atoms with Crippen molar-refractivity contribution in [2.45, 2.75) is 11.4 Å². The monoisotopic (exact) mass is 420 g/mol. The van der Waals surface area contributed by atoms with Crippen LogP contribution in [0.25, 0.3) is 0 Å². The molecule has 1 aromatic heterocycles.